The molecule has 0 bridgehead atoms. The van der Waals surface area contributed by atoms with Crippen LogP contribution in [0.2, 0.25) is 5.02 Å². The summed E-state index contributed by atoms with van der Waals surface area (Å²) in [4.78, 5) is 31.2. The van der Waals surface area contributed by atoms with Gasteiger partial charge in [0, 0.05) is 36.3 Å². The third kappa shape index (κ3) is 7.54. The third-order valence-corrected chi connectivity index (χ3v) is 8.45. The minimum Gasteiger partial charge on any atom is -0.340 e. The number of alkyl halides is 1. The lowest BCUT2D eigenvalue weighted by atomic mass is 9.90. The zero-order valence-electron chi connectivity index (χ0n) is 22.2. The lowest BCUT2D eigenvalue weighted by molar-refractivity contribution is -0.135. The molecule has 2 aromatic rings. The Bertz CT molecular complexity index is 1080. The molecule has 8 heteroatoms. The number of hydrogen-bond acceptors (Lipinski definition) is 3. The molecule has 5 nitrogen and oxygen atoms in total. The van der Waals surface area contributed by atoms with Gasteiger partial charge in [-0.2, -0.15) is 0 Å². The number of benzene rings is 2. The molecule has 2 amide bonds. The van der Waals surface area contributed by atoms with Crippen LogP contribution in [-0.4, -0.2) is 67.6 Å². The summed E-state index contributed by atoms with van der Waals surface area (Å²) in [6, 6.07) is 12.6. The van der Waals surface area contributed by atoms with Crippen LogP contribution in [0.1, 0.15) is 43.2 Å². The number of rotatable bonds is 9. The zero-order chi connectivity index (χ0) is 27.1. The lowest BCUT2D eigenvalue weighted by Crippen LogP contribution is -2.45. The summed E-state index contributed by atoms with van der Waals surface area (Å²) in [6.45, 7) is 5.33. The Morgan fingerprint density at radius 1 is 1.00 bits per heavy atom. The molecule has 0 aliphatic carbocycles. The molecule has 0 spiro atoms. The lowest BCUT2D eigenvalue weighted by Gasteiger charge is -2.35. The van der Waals surface area contributed by atoms with Crippen molar-refractivity contribution in [1.82, 2.24) is 9.80 Å². The minimum absolute atomic E-state index is 0.0512. The number of likely N-dealkylation sites (tertiary alicyclic amines) is 2. The summed E-state index contributed by atoms with van der Waals surface area (Å²) in [5, 5.41) is 0.631. The number of aryl methyl sites for hydroxylation is 1. The quantitative estimate of drug-likeness (QED) is 0.408. The van der Waals surface area contributed by atoms with E-state index in [4.69, 9.17) is 11.6 Å². The number of nitrogens with zero attached hydrogens (tertiary/aromatic N) is 3. The molecule has 2 saturated heterocycles. The molecule has 2 aliphatic heterocycles. The molecule has 0 atom stereocenters. The highest BCUT2D eigenvalue weighted by Gasteiger charge is 2.31. The molecule has 38 heavy (non-hydrogen) atoms. The van der Waals surface area contributed by atoms with Gasteiger partial charge >= 0.3 is 0 Å². The Morgan fingerprint density at radius 3 is 2.32 bits per heavy atom. The molecule has 0 N–H and O–H groups in total. The van der Waals surface area contributed by atoms with Gasteiger partial charge in [-0.25, -0.2) is 8.78 Å². The van der Waals surface area contributed by atoms with Gasteiger partial charge in [0.2, 0.25) is 5.91 Å². The van der Waals surface area contributed by atoms with E-state index in [0.29, 0.717) is 43.4 Å². The topological polar surface area (TPSA) is 43.9 Å². The van der Waals surface area contributed by atoms with Crippen LogP contribution in [-0.2, 0) is 16.0 Å². The van der Waals surface area contributed by atoms with E-state index in [0.717, 1.165) is 56.6 Å². The zero-order valence-corrected chi connectivity index (χ0v) is 22.9. The second-order valence-corrected chi connectivity index (χ2v) is 11.1. The van der Waals surface area contributed by atoms with Crippen LogP contribution in [0.15, 0.2) is 42.5 Å². The van der Waals surface area contributed by atoms with Crippen molar-refractivity contribution in [3.05, 3.63) is 64.4 Å². The van der Waals surface area contributed by atoms with Crippen molar-refractivity contribution in [1.29, 1.82) is 0 Å². The van der Waals surface area contributed by atoms with Gasteiger partial charge in [-0.3, -0.25) is 9.59 Å². The van der Waals surface area contributed by atoms with Crippen LogP contribution in [0.5, 0.6) is 0 Å². The van der Waals surface area contributed by atoms with Crippen molar-refractivity contribution in [3.63, 3.8) is 0 Å². The first-order valence-electron chi connectivity index (χ1n) is 13.7. The highest BCUT2D eigenvalue weighted by Crippen LogP contribution is 2.28. The van der Waals surface area contributed by atoms with E-state index < -0.39 is 12.6 Å². The Labute approximate surface area is 229 Å². The van der Waals surface area contributed by atoms with E-state index >= 15 is 0 Å². The summed E-state index contributed by atoms with van der Waals surface area (Å²) in [6.07, 6.45) is 5.15. The number of carbonyl (C=O) groups is 2. The van der Waals surface area contributed by atoms with E-state index in [9.17, 15) is 18.4 Å². The number of amides is 2. The Balaban J connectivity index is 1.31. The standard InChI is InChI=1S/C30H38ClF2N3O2/c1-22-3-8-27(20-28(22)31)36(30(38)25-11-17-35(18-12-25)29(37)21-32)14-2-13-34-15-9-24(10-16-34)19-23-4-6-26(33)7-5-23/h3-8,20,24-25H,2,9-19,21H2,1H3/i32-1. The second-order valence-electron chi connectivity index (χ2n) is 10.7. The molecular formula is C30H38ClF2N3O2. The number of halogens is 3. The van der Waals surface area contributed by atoms with Crippen molar-refractivity contribution >= 4 is 29.1 Å². The van der Waals surface area contributed by atoms with Gasteiger partial charge in [-0.05, 0) is 106 Å². The largest absolute Gasteiger partial charge is 0.340 e. The van der Waals surface area contributed by atoms with E-state index in [1.807, 2.05) is 42.2 Å². The van der Waals surface area contributed by atoms with Crippen molar-refractivity contribution < 1.29 is 18.4 Å². The van der Waals surface area contributed by atoms with Crippen LogP contribution < -0.4 is 4.90 Å². The van der Waals surface area contributed by atoms with Gasteiger partial charge in [0.05, 0.1) is 0 Å². The van der Waals surface area contributed by atoms with E-state index in [1.54, 1.807) is 0 Å². The first kappa shape index (κ1) is 28.5. The molecule has 0 aromatic heterocycles. The number of hydrogen-bond donors (Lipinski definition) is 0. The normalized spacial score (nSPS) is 17.5. The molecule has 0 saturated carbocycles. The van der Waals surface area contributed by atoms with Crippen molar-refractivity contribution in [3.8, 4) is 0 Å². The average Bonchev–Trinajstić information content (AvgIpc) is 2.94. The monoisotopic (exact) mass is 544 g/mol. The van der Waals surface area contributed by atoms with Crippen molar-refractivity contribution in [2.45, 2.75) is 45.4 Å². The predicted octanol–water partition coefficient (Wildman–Crippen LogP) is 5.67. The van der Waals surface area contributed by atoms with Crippen molar-refractivity contribution in [2.24, 2.45) is 11.8 Å². The highest BCUT2D eigenvalue weighted by molar-refractivity contribution is 6.31. The van der Waals surface area contributed by atoms with Gasteiger partial charge in [-0.1, -0.05) is 29.8 Å². The molecule has 0 unspecified atom stereocenters. The van der Waals surface area contributed by atoms with E-state index in [1.165, 1.54) is 22.6 Å². The van der Waals surface area contributed by atoms with Gasteiger partial charge in [0.15, 0.2) is 6.67 Å². The van der Waals surface area contributed by atoms with Crippen LogP contribution in [0.3, 0.4) is 0 Å². The minimum atomic E-state index is -0.990. The maximum absolute atomic E-state index is 13.6. The van der Waals surface area contributed by atoms with Gasteiger partial charge in [0.25, 0.3) is 5.91 Å². The Hall–Kier alpha value is -2.51. The molecule has 2 aliphatic rings. The molecule has 2 fully saturated rings. The summed E-state index contributed by atoms with van der Waals surface area (Å²) in [5.74, 6) is -0.225. The maximum atomic E-state index is 13.6. The number of anilines is 1. The number of piperidine rings is 2. The second kappa shape index (κ2) is 13.5. The summed E-state index contributed by atoms with van der Waals surface area (Å²) >= 11 is 6.41. The van der Waals surface area contributed by atoms with E-state index in [2.05, 4.69) is 4.90 Å². The Kier molecular flexibility index (Phi) is 10.1. The fraction of sp³-hybridized carbons (Fsp3) is 0.533. The van der Waals surface area contributed by atoms with Gasteiger partial charge in [-0.15, -0.1) is 0 Å². The predicted molar refractivity (Wildman–Crippen MR) is 148 cm³/mol. The number of carbonyl (C=O) groups excluding carboxylic acids is 2. The average molecular weight is 545 g/mol. The highest BCUT2D eigenvalue weighted by atomic mass is 35.5. The summed E-state index contributed by atoms with van der Waals surface area (Å²) < 4.78 is 26.0. The van der Waals surface area contributed by atoms with Crippen LogP contribution in [0, 0.1) is 24.6 Å². The van der Waals surface area contributed by atoms with Crippen LogP contribution in [0.4, 0.5) is 14.5 Å². The molecule has 2 aromatic carbocycles. The molecular weight excluding hydrogens is 507 g/mol. The fourth-order valence-corrected chi connectivity index (χ4v) is 5.79. The van der Waals surface area contributed by atoms with Crippen molar-refractivity contribution in [2.75, 3.05) is 50.8 Å². The summed E-state index contributed by atoms with van der Waals surface area (Å²) in [5.41, 5.74) is 2.95. The summed E-state index contributed by atoms with van der Waals surface area (Å²) in [7, 11) is 0. The van der Waals surface area contributed by atoms with Gasteiger partial charge < -0.3 is 14.7 Å². The Morgan fingerprint density at radius 2 is 1.68 bits per heavy atom. The van der Waals surface area contributed by atoms with Gasteiger partial charge in [0.1, 0.15) is 5.82 Å². The molecule has 4 rings (SSSR count). The SMILES string of the molecule is Cc1ccc(N(CCCN2CCC(Cc3ccc(F)cc3)CC2)C(=O)C2CCN(C(=O)C[18F])CC2)cc1Cl. The van der Waals surface area contributed by atoms with Crippen LogP contribution >= 0.6 is 11.6 Å². The molecule has 0 radical (unpaired) electrons. The van der Waals surface area contributed by atoms with Crippen LogP contribution in [0.25, 0.3) is 0 Å². The first-order chi connectivity index (χ1) is 18.3. The first-order valence-corrected chi connectivity index (χ1v) is 14.1. The molecule has 206 valence electrons. The fourth-order valence-electron chi connectivity index (χ4n) is 5.62. The van der Waals surface area contributed by atoms with E-state index in [-0.39, 0.29) is 17.6 Å². The smallest absolute Gasteiger partial charge is 0.253 e. The molecule has 2 heterocycles. The third-order valence-electron chi connectivity index (χ3n) is 8.05. The maximum Gasteiger partial charge on any atom is 0.253 e.